The number of hydrogen-bond acceptors (Lipinski definition) is 6. The van der Waals surface area contributed by atoms with Gasteiger partial charge >= 0.3 is 7.60 Å². The molecular formula is C20H19Cl3NO5P. The summed E-state index contributed by atoms with van der Waals surface area (Å²) in [6.07, 6.45) is -1.30. The third-order valence-electron chi connectivity index (χ3n) is 4.61. The molecule has 1 saturated heterocycles. The lowest BCUT2D eigenvalue weighted by Gasteiger charge is -2.35. The zero-order valence-corrected chi connectivity index (χ0v) is 18.9. The maximum atomic E-state index is 13.4. The van der Waals surface area contributed by atoms with Gasteiger partial charge in [0.1, 0.15) is 17.9 Å². The van der Waals surface area contributed by atoms with Crippen LogP contribution in [0.1, 0.15) is 5.56 Å². The Morgan fingerprint density at radius 3 is 2.40 bits per heavy atom. The standard InChI is InChI=1S/C20H19Cl3NO5P/c21-20(22,23)19-24-16-13-30(25,28-15-9-5-2-6-10-15)29-17(18(16)27-19)12-26-11-14-7-3-1-4-8-14/h1-10,16-18H,11-13H2/t16-,17+,18-,30+/m0/s1. The molecule has 0 unspecified atom stereocenters. The van der Waals surface area contributed by atoms with Crippen LogP contribution in [-0.4, -0.2) is 40.7 Å². The van der Waals surface area contributed by atoms with E-state index in [4.69, 9.17) is 53.3 Å². The number of ether oxygens (including phenoxy) is 2. The molecule has 4 rings (SSSR count). The lowest BCUT2D eigenvalue weighted by Crippen LogP contribution is -2.46. The molecule has 0 bridgehead atoms. The zero-order valence-electron chi connectivity index (χ0n) is 15.7. The van der Waals surface area contributed by atoms with E-state index in [1.807, 2.05) is 36.4 Å². The van der Waals surface area contributed by atoms with E-state index in [0.717, 1.165) is 5.56 Å². The third kappa shape index (κ3) is 5.31. The fourth-order valence-corrected chi connectivity index (χ4v) is 5.57. The lowest BCUT2D eigenvalue weighted by atomic mass is 10.1. The van der Waals surface area contributed by atoms with E-state index < -0.39 is 29.6 Å². The fourth-order valence-electron chi connectivity index (χ4n) is 3.30. The second-order valence-corrected chi connectivity index (χ2v) is 11.2. The van der Waals surface area contributed by atoms with Crippen LogP contribution in [-0.2, 0) is 25.2 Å². The Bertz CT molecular complexity index is 938. The first-order valence-electron chi connectivity index (χ1n) is 9.28. The summed E-state index contributed by atoms with van der Waals surface area (Å²) in [5, 5.41) is 0. The molecule has 0 amide bonds. The van der Waals surface area contributed by atoms with Crippen molar-refractivity contribution in [3.63, 3.8) is 0 Å². The zero-order chi connectivity index (χ0) is 21.2. The SMILES string of the molecule is O=[P@@]1(Oc2ccccc2)C[C@@H]2N=C(C(Cl)(Cl)Cl)O[C@@H]2[C@@H](COCc2ccccc2)O1. The summed E-state index contributed by atoms with van der Waals surface area (Å²) < 4.78 is 34.8. The Morgan fingerprint density at radius 1 is 1.07 bits per heavy atom. The van der Waals surface area contributed by atoms with Crippen LogP contribution in [0.5, 0.6) is 5.75 Å². The maximum Gasteiger partial charge on any atom is 0.381 e. The monoisotopic (exact) mass is 489 g/mol. The molecule has 1 fully saturated rings. The number of halogens is 3. The van der Waals surface area contributed by atoms with Crippen LogP contribution in [0.4, 0.5) is 0 Å². The summed E-state index contributed by atoms with van der Waals surface area (Å²) in [6.45, 7) is 0.473. The predicted molar refractivity (Wildman–Crippen MR) is 117 cm³/mol. The van der Waals surface area contributed by atoms with Crippen molar-refractivity contribution in [2.24, 2.45) is 4.99 Å². The van der Waals surface area contributed by atoms with E-state index in [1.165, 1.54) is 0 Å². The highest BCUT2D eigenvalue weighted by Gasteiger charge is 2.53. The van der Waals surface area contributed by atoms with Crippen LogP contribution in [0.15, 0.2) is 65.7 Å². The Balaban J connectivity index is 1.50. The highest BCUT2D eigenvalue weighted by Crippen LogP contribution is 2.55. The number of benzene rings is 2. The topological polar surface area (TPSA) is 66.4 Å². The van der Waals surface area contributed by atoms with Gasteiger partial charge < -0.3 is 14.0 Å². The minimum Gasteiger partial charge on any atom is -0.469 e. The van der Waals surface area contributed by atoms with Crippen molar-refractivity contribution in [1.29, 1.82) is 0 Å². The highest BCUT2D eigenvalue weighted by molar-refractivity contribution is 7.54. The summed E-state index contributed by atoms with van der Waals surface area (Å²) in [6, 6.07) is 18.0. The van der Waals surface area contributed by atoms with Gasteiger partial charge in [0.2, 0.25) is 5.90 Å². The van der Waals surface area contributed by atoms with Crippen molar-refractivity contribution in [3.8, 4) is 5.75 Å². The second kappa shape index (κ2) is 9.07. The van der Waals surface area contributed by atoms with Gasteiger partial charge in [-0.05, 0) is 17.7 Å². The molecule has 6 nitrogen and oxygen atoms in total. The number of para-hydroxylation sites is 1. The average Bonchev–Trinajstić information content (AvgIpc) is 3.13. The molecule has 0 spiro atoms. The maximum absolute atomic E-state index is 13.4. The van der Waals surface area contributed by atoms with E-state index in [0.29, 0.717) is 12.4 Å². The summed E-state index contributed by atoms with van der Waals surface area (Å²) in [4.78, 5) is 4.35. The minimum absolute atomic E-state index is 0.00595. The second-order valence-electron chi connectivity index (χ2n) is 6.92. The number of aliphatic imine (C=N–C) groups is 1. The van der Waals surface area contributed by atoms with Gasteiger partial charge in [-0.25, -0.2) is 9.56 Å². The van der Waals surface area contributed by atoms with Gasteiger partial charge in [-0.15, -0.1) is 0 Å². The normalized spacial score (nSPS) is 28.4. The molecule has 2 aromatic carbocycles. The molecule has 10 heteroatoms. The van der Waals surface area contributed by atoms with Crippen molar-refractivity contribution < 1.29 is 23.1 Å². The van der Waals surface area contributed by atoms with Gasteiger partial charge in [0.25, 0.3) is 3.79 Å². The van der Waals surface area contributed by atoms with E-state index in [-0.39, 0.29) is 18.7 Å². The van der Waals surface area contributed by atoms with Gasteiger partial charge in [0, 0.05) is 0 Å². The number of rotatable bonds is 6. The van der Waals surface area contributed by atoms with Crippen molar-refractivity contribution in [1.82, 2.24) is 0 Å². The van der Waals surface area contributed by atoms with Crippen LogP contribution in [0.3, 0.4) is 0 Å². The average molecular weight is 491 g/mol. The summed E-state index contributed by atoms with van der Waals surface area (Å²) in [5.74, 6) is 0.389. The van der Waals surface area contributed by atoms with Gasteiger partial charge in [0.05, 0.1) is 19.4 Å². The number of nitrogens with zero attached hydrogens (tertiary/aromatic N) is 1. The Hall–Kier alpha value is -1.27. The van der Waals surface area contributed by atoms with Crippen molar-refractivity contribution in [2.75, 3.05) is 12.8 Å². The predicted octanol–water partition coefficient (Wildman–Crippen LogP) is 5.41. The van der Waals surface area contributed by atoms with E-state index in [1.54, 1.807) is 24.3 Å². The van der Waals surface area contributed by atoms with E-state index >= 15 is 0 Å². The minimum atomic E-state index is -3.55. The number of hydrogen-bond donors (Lipinski definition) is 0. The quantitative estimate of drug-likeness (QED) is 0.400. The smallest absolute Gasteiger partial charge is 0.381 e. The van der Waals surface area contributed by atoms with Crippen LogP contribution < -0.4 is 4.52 Å². The molecule has 2 aliphatic heterocycles. The molecule has 0 aromatic heterocycles. The van der Waals surface area contributed by atoms with Crippen LogP contribution >= 0.6 is 42.4 Å². The molecular weight excluding hydrogens is 472 g/mol. The largest absolute Gasteiger partial charge is 0.469 e. The van der Waals surface area contributed by atoms with Crippen molar-refractivity contribution >= 4 is 48.3 Å². The highest BCUT2D eigenvalue weighted by atomic mass is 35.6. The first-order valence-corrected chi connectivity index (χ1v) is 12.1. The van der Waals surface area contributed by atoms with Crippen LogP contribution in [0, 0.1) is 0 Å². The summed E-state index contributed by atoms with van der Waals surface area (Å²) in [5.41, 5.74) is 0.999. The fraction of sp³-hybridized carbons (Fsp3) is 0.350. The van der Waals surface area contributed by atoms with E-state index in [9.17, 15) is 4.57 Å². The number of alkyl halides is 3. The van der Waals surface area contributed by atoms with Gasteiger partial charge in [-0.3, -0.25) is 4.52 Å². The molecule has 160 valence electrons. The Morgan fingerprint density at radius 2 is 1.73 bits per heavy atom. The lowest BCUT2D eigenvalue weighted by molar-refractivity contribution is -0.0350. The molecule has 0 saturated carbocycles. The van der Waals surface area contributed by atoms with Gasteiger partial charge in [0.15, 0.2) is 6.10 Å². The molecule has 0 N–H and O–H groups in total. The molecule has 0 radical (unpaired) electrons. The van der Waals surface area contributed by atoms with Crippen LogP contribution in [0.2, 0.25) is 0 Å². The molecule has 2 aliphatic rings. The van der Waals surface area contributed by atoms with Gasteiger partial charge in [-0.1, -0.05) is 83.3 Å². The van der Waals surface area contributed by atoms with Crippen LogP contribution in [0.25, 0.3) is 0 Å². The van der Waals surface area contributed by atoms with Crippen molar-refractivity contribution in [2.45, 2.75) is 28.6 Å². The van der Waals surface area contributed by atoms with Crippen molar-refractivity contribution in [3.05, 3.63) is 66.2 Å². The summed E-state index contributed by atoms with van der Waals surface area (Å²) in [7, 11) is -3.55. The number of fused-ring (bicyclic) bond motifs is 1. The Labute approximate surface area is 189 Å². The first kappa shape index (κ1) is 21.9. The third-order valence-corrected chi connectivity index (χ3v) is 6.99. The van der Waals surface area contributed by atoms with E-state index in [2.05, 4.69) is 4.99 Å². The molecule has 0 aliphatic carbocycles. The summed E-state index contributed by atoms with van der Waals surface area (Å²) >= 11 is 17.8. The molecule has 30 heavy (non-hydrogen) atoms. The molecule has 2 aromatic rings. The molecule has 2 heterocycles. The Kier molecular flexibility index (Phi) is 6.64. The molecule has 4 atom stereocenters. The van der Waals surface area contributed by atoms with Gasteiger partial charge in [-0.2, -0.15) is 0 Å². The first-order chi connectivity index (χ1) is 14.3.